The molecule has 9 nitrogen and oxygen atoms in total. The van der Waals surface area contributed by atoms with E-state index < -0.39 is 11.9 Å². The maximum Gasteiger partial charge on any atom is 0.336 e. The van der Waals surface area contributed by atoms with E-state index in [-0.39, 0.29) is 29.0 Å². The third kappa shape index (κ3) is 2.77. The van der Waals surface area contributed by atoms with Crippen molar-refractivity contribution < 1.29 is 14.7 Å². The molecule has 0 fully saturated rings. The molecule has 20 heavy (non-hydrogen) atoms. The van der Waals surface area contributed by atoms with Crippen molar-refractivity contribution >= 4 is 29.7 Å². The average molecular weight is 274 g/mol. The molecule has 1 aromatic carbocycles. The van der Waals surface area contributed by atoms with Crippen molar-refractivity contribution in [2.75, 3.05) is 16.8 Å². The van der Waals surface area contributed by atoms with E-state index in [1.807, 2.05) is 0 Å². The lowest BCUT2D eigenvalue weighted by atomic mass is 10.1. The number of anilines is 3. The third-order valence-corrected chi connectivity index (χ3v) is 2.30. The molecule has 0 aliphatic heterocycles. The lowest BCUT2D eigenvalue weighted by Gasteiger charge is -2.06. The van der Waals surface area contributed by atoms with Crippen molar-refractivity contribution in [1.82, 2.24) is 15.0 Å². The van der Waals surface area contributed by atoms with Crippen molar-refractivity contribution in [3.8, 4) is 0 Å². The molecule has 0 radical (unpaired) electrons. The van der Waals surface area contributed by atoms with Gasteiger partial charge in [-0.05, 0) is 12.1 Å². The highest BCUT2D eigenvalue weighted by atomic mass is 16.4. The van der Waals surface area contributed by atoms with E-state index >= 15 is 0 Å². The van der Waals surface area contributed by atoms with Gasteiger partial charge >= 0.3 is 5.97 Å². The standard InChI is InChI=1S/C11H10N6O3/c12-9-15-10(13)17-11(16-9)14-7(18)5-3-1-2-4-6(5)8(19)20/h1-4H,(H,19,20)(H5,12,13,14,15,16,17,18). The zero-order chi connectivity index (χ0) is 14.7. The van der Waals surface area contributed by atoms with Crippen molar-refractivity contribution in [2.45, 2.75) is 0 Å². The number of hydrogen-bond acceptors (Lipinski definition) is 7. The summed E-state index contributed by atoms with van der Waals surface area (Å²) in [5.41, 5.74) is 10.6. The fourth-order valence-corrected chi connectivity index (χ4v) is 1.50. The Hall–Kier alpha value is -3.23. The van der Waals surface area contributed by atoms with Gasteiger partial charge in [0.1, 0.15) is 0 Å². The van der Waals surface area contributed by atoms with Crippen LogP contribution in [0.15, 0.2) is 24.3 Å². The van der Waals surface area contributed by atoms with Crippen molar-refractivity contribution in [2.24, 2.45) is 0 Å². The van der Waals surface area contributed by atoms with Crippen LogP contribution < -0.4 is 16.8 Å². The van der Waals surface area contributed by atoms with Gasteiger partial charge in [0.15, 0.2) is 0 Å². The number of aromatic nitrogens is 3. The minimum atomic E-state index is -1.22. The van der Waals surface area contributed by atoms with Crippen LogP contribution in [0.2, 0.25) is 0 Å². The average Bonchev–Trinajstić information content (AvgIpc) is 2.37. The zero-order valence-corrected chi connectivity index (χ0v) is 10.1. The number of carbonyl (C=O) groups excluding carboxylic acids is 1. The lowest BCUT2D eigenvalue weighted by Crippen LogP contribution is -2.19. The smallest absolute Gasteiger partial charge is 0.336 e. The van der Waals surface area contributed by atoms with Gasteiger partial charge in [0, 0.05) is 0 Å². The lowest BCUT2D eigenvalue weighted by molar-refractivity contribution is 0.0692. The number of nitrogens with two attached hydrogens (primary N) is 2. The van der Waals surface area contributed by atoms with Crippen LogP contribution in [-0.4, -0.2) is 31.9 Å². The number of rotatable bonds is 3. The maximum absolute atomic E-state index is 12.0. The van der Waals surface area contributed by atoms with E-state index in [9.17, 15) is 9.59 Å². The van der Waals surface area contributed by atoms with Crippen LogP contribution in [0.5, 0.6) is 0 Å². The predicted octanol–water partition coefficient (Wildman–Crippen LogP) is -0.0135. The molecule has 102 valence electrons. The monoisotopic (exact) mass is 274 g/mol. The van der Waals surface area contributed by atoms with Gasteiger partial charge in [-0.15, -0.1) is 0 Å². The number of nitrogen functional groups attached to an aromatic ring is 2. The van der Waals surface area contributed by atoms with Crippen molar-refractivity contribution in [1.29, 1.82) is 0 Å². The quantitative estimate of drug-likeness (QED) is 0.608. The second-order valence-corrected chi connectivity index (χ2v) is 3.68. The number of carbonyl (C=O) groups is 2. The Labute approximate surface area is 112 Å². The number of carboxylic acids is 1. The fourth-order valence-electron chi connectivity index (χ4n) is 1.50. The van der Waals surface area contributed by atoms with Crippen LogP contribution in [0.25, 0.3) is 0 Å². The van der Waals surface area contributed by atoms with Crippen molar-refractivity contribution in [3.05, 3.63) is 35.4 Å². The molecule has 0 aliphatic carbocycles. The van der Waals surface area contributed by atoms with Gasteiger partial charge in [-0.2, -0.15) is 15.0 Å². The Morgan fingerprint density at radius 2 is 1.55 bits per heavy atom. The Balaban J connectivity index is 2.31. The Kier molecular flexibility index (Phi) is 3.42. The molecular weight excluding hydrogens is 264 g/mol. The number of carboxylic acid groups (broad SMARTS) is 1. The van der Waals surface area contributed by atoms with Gasteiger partial charge in [-0.25, -0.2) is 4.79 Å². The van der Waals surface area contributed by atoms with E-state index in [2.05, 4.69) is 20.3 Å². The number of hydrogen-bond donors (Lipinski definition) is 4. The van der Waals surface area contributed by atoms with Crippen LogP contribution in [0.4, 0.5) is 17.8 Å². The molecule has 0 saturated heterocycles. The molecule has 0 spiro atoms. The summed E-state index contributed by atoms with van der Waals surface area (Å²) in [7, 11) is 0. The van der Waals surface area contributed by atoms with Crippen LogP contribution >= 0.6 is 0 Å². The summed E-state index contributed by atoms with van der Waals surface area (Å²) < 4.78 is 0. The Morgan fingerprint density at radius 3 is 2.10 bits per heavy atom. The molecule has 0 aliphatic rings. The highest BCUT2D eigenvalue weighted by Crippen LogP contribution is 2.11. The number of aromatic carboxylic acids is 1. The normalized spacial score (nSPS) is 10.0. The fraction of sp³-hybridized carbons (Fsp3) is 0. The highest BCUT2D eigenvalue weighted by molar-refractivity contribution is 6.10. The maximum atomic E-state index is 12.0. The third-order valence-electron chi connectivity index (χ3n) is 2.30. The molecule has 1 aromatic heterocycles. The largest absolute Gasteiger partial charge is 0.478 e. The van der Waals surface area contributed by atoms with E-state index in [0.717, 1.165) is 0 Å². The van der Waals surface area contributed by atoms with Crippen LogP contribution in [-0.2, 0) is 0 Å². The summed E-state index contributed by atoms with van der Waals surface area (Å²) in [5, 5.41) is 11.3. The summed E-state index contributed by atoms with van der Waals surface area (Å²) in [6.45, 7) is 0. The topological polar surface area (TPSA) is 157 Å². The van der Waals surface area contributed by atoms with Gasteiger partial charge in [0.25, 0.3) is 5.91 Å². The minimum absolute atomic E-state index is 0.0300. The molecule has 2 aromatic rings. The first-order valence-electron chi connectivity index (χ1n) is 5.38. The molecule has 0 saturated carbocycles. The SMILES string of the molecule is Nc1nc(N)nc(NC(=O)c2ccccc2C(=O)O)n1. The summed E-state index contributed by atoms with van der Waals surface area (Å²) in [4.78, 5) is 33.9. The van der Waals surface area contributed by atoms with E-state index in [4.69, 9.17) is 16.6 Å². The summed E-state index contributed by atoms with van der Waals surface area (Å²) >= 11 is 0. The van der Waals surface area contributed by atoms with Crippen molar-refractivity contribution in [3.63, 3.8) is 0 Å². The van der Waals surface area contributed by atoms with Gasteiger partial charge < -0.3 is 16.6 Å². The zero-order valence-electron chi connectivity index (χ0n) is 10.1. The Morgan fingerprint density at radius 1 is 1.00 bits per heavy atom. The molecule has 1 heterocycles. The number of amides is 1. The molecule has 2 rings (SSSR count). The predicted molar refractivity (Wildman–Crippen MR) is 70.0 cm³/mol. The second-order valence-electron chi connectivity index (χ2n) is 3.68. The Bertz CT molecular complexity index is 667. The molecule has 1 amide bonds. The number of benzene rings is 1. The molecule has 0 bridgehead atoms. The van der Waals surface area contributed by atoms with E-state index in [0.29, 0.717) is 0 Å². The molecular formula is C11H10N6O3. The van der Waals surface area contributed by atoms with Gasteiger partial charge in [-0.3, -0.25) is 10.1 Å². The van der Waals surface area contributed by atoms with E-state index in [1.54, 1.807) is 0 Å². The minimum Gasteiger partial charge on any atom is -0.478 e. The van der Waals surface area contributed by atoms with Crippen LogP contribution in [0.1, 0.15) is 20.7 Å². The first kappa shape index (κ1) is 13.2. The van der Waals surface area contributed by atoms with Crippen LogP contribution in [0, 0.1) is 0 Å². The molecule has 6 N–H and O–H groups in total. The molecule has 0 atom stereocenters. The number of nitrogens with zero attached hydrogens (tertiary/aromatic N) is 3. The summed E-state index contributed by atoms with van der Waals surface area (Å²) in [5.74, 6) is -2.36. The summed E-state index contributed by atoms with van der Waals surface area (Å²) in [6, 6.07) is 5.73. The molecule has 9 heteroatoms. The van der Waals surface area contributed by atoms with Gasteiger partial charge in [-0.1, -0.05) is 12.1 Å². The molecule has 0 unspecified atom stereocenters. The van der Waals surface area contributed by atoms with Gasteiger partial charge in [0.05, 0.1) is 11.1 Å². The van der Waals surface area contributed by atoms with Gasteiger partial charge in [0.2, 0.25) is 17.8 Å². The summed E-state index contributed by atoms with van der Waals surface area (Å²) in [6.07, 6.45) is 0. The second kappa shape index (κ2) is 5.18. The number of nitrogens with one attached hydrogen (secondary N) is 1. The first-order valence-corrected chi connectivity index (χ1v) is 5.38. The highest BCUT2D eigenvalue weighted by Gasteiger charge is 2.17. The van der Waals surface area contributed by atoms with Crippen LogP contribution in [0.3, 0.4) is 0 Å². The first-order chi connectivity index (χ1) is 9.47. The van der Waals surface area contributed by atoms with E-state index in [1.165, 1.54) is 24.3 Å².